The highest BCUT2D eigenvalue weighted by molar-refractivity contribution is 6.25. The number of nitrogens with zero attached hydrogens (tertiary/aromatic N) is 4. The van der Waals surface area contributed by atoms with Crippen LogP contribution in [0.3, 0.4) is 0 Å². The average Bonchev–Trinajstić information content (AvgIpc) is 3.81. The molecule has 12 rings (SSSR count). The van der Waals surface area contributed by atoms with Gasteiger partial charge in [-0.05, 0) is 64.5 Å². The van der Waals surface area contributed by atoms with E-state index in [9.17, 15) is 24.4 Å². The summed E-state index contributed by atoms with van der Waals surface area (Å²) >= 11 is 0. The highest BCUT2D eigenvalue weighted by Gasteiger charge is 2.70. The third kappa shape index (κ3) is 2.82. The van der Waals surface area contributed by atoms with Gasteiger partial charge in [0.15, 0.2) is 0 Å². The van der Waals surface area contributed by atoms with Gasteiger partial charge in [0.05, 0.1) is 40.3 Å². The van der Waals surface area contributed by atoms with Crippen LogP contribution in [-0.4, -0.2) is 34.9 Å². The quantitative estimate of drug-likeness (QED) is 0.259. The standard InChI is InChI=1S/C37H26N4O4/c38-16-18-7-1-6-12-27(18)40-33(42)31-28-21-8-2-4-10-25(21)37(32(31)36(40)45,26-11-5-3-9-22(26)28)17-39-41-34(43)29-19-13-14-20(24-15-23(19)24)30(29)35(41)44/h1-14,17,19-20,23-24,28-32H,15H2/b39-17-/t19-,20-,23-,24+,28?,29-,30+,31+,32+,37?/m0/s1. The Labute approximate surface area is 258 Å². The Balaban J connectivity index is 1.16. The Morgan fingerprint density at radius 2 is 1.31 bits per heavy atom. The second kappa shape index (κ2) is 8.30. The van der Waals surface area contributed by atoms with Gasteiger partial charge in [-0.15, -0.1) is 0 Å². The van der Waals surface area contributed by atoms with E-state index in [2.05, 4.69) is 18.2 Å². The van der Waals surface area contributed by atoms with E-state index < -0.39 is 35.0 Å². The lowest BCUT2D eigenvalue weighted by molar-refractivity contribution is -0.140. The number of amides is 4. The van der Waals surface area contributed by atoms with Crippen molar-refractivity contribution in [2.24, 2.45) is 52.4 Å². The summed E-state index contributed by atoms with van der Waals surface area (Å²) in [6.07, 6.45) is 6.95. The first kappa shape index (κ1) is 25.2. The molecule has 0 aromatic heterocycles. The SMILES string of the molecule is N#Cc1ccccc1N1C(=O)[C@@H]2C3c4ccccc4C(/C=N\N4C(=O)[C@@H]5[C@H]6C=C[C@@H]([C@@H]7C[C@H]67)[C@@H]5C4=O)(c4ccccc43)[C@H]2C1=O. The number of carbonyl (C=O) groups is 4. The van der Waals surface area contributed by atoms with Crippen LogP contribution < -0.4 is 4.90 Å². The molecule has 3 aromatic carbocycles. The van der Waals surface area contributed by atoms with Crippen molar-refractivity contribution in [3.8, 4) is 6.07 Å². The van der Waals surface area contributed by atoms with Crippen LogP contribution in [0.4, 0.5) is 5.69 Å². The van der Waals surface area contributed by atoms with E-state index >= 15 is 0 Å². The van der Waals surface area contributed by atoms with Gasteiger partial charge in [-0.3, -0.25) is 19.2 Å². The highest BCUT2D eigenvalue weighted by Crippen LogP contribution is 2.66. The van der Waals surface area contributed by atoms with Gasteiger partial charge in [-0.2, -0.15) is 15.4 Å². The zero-order valence-corrected chi connectivity index (χ0v) is 24.0. The van der Waals surface area contributed by atoms with Gasteiger partial charge in [0.1, 0.15) is 6.07 Å². The molecule has 7 aliphatic carbocycles. The van der Waals surface area contributed by atoms with Gasteiger partial charge in [0, 0.05) is 12.1 Å². The van der Waals surface area contributed by atoms with Crippen LogP contribution in [0.1, 0.15) is 40.2 Å². The van der Waals surface area contributed by atoms with E-state index in [4.69, 9.17) is 5.10 Å². The fourth-order valence-electron chi connectivity index (χ4n) is 10.3. The van der Waals surface area contributed by atoms with Crippen LogP contribution in [0.25, 0.3) is 0 Å². The van der Waals surface area contributed by atoms with E-state index in [1.807, 2.05) is 48.5 Å². The summed E-state index contributed by atoms with van der Waals surface area (Å²) in [6, 6.07) is 24.4. The molecule has 2 aliphatic heterocycles. The predicted molar refractivity (Wildman–Crippen MR) is 161 cm³/mol. The average molecular weight is 591 g/mol. The fourth-order valence-corrected chi connectivity index (χ4v) is 10.3. The van der Waals surface area contributed by atoms with Crippen molar-refractivity contribution in [2.75, 3.05) is 4.90 Å². The summed E-state index contributed by atoms with van der Waals surface area (Å²) < 4.78 is 0. The Morgan fingerprint density at radius 3 is 1.93 bits per heavy atom. The first-order valence-corrected chi connectivity index (χ1v) is 15.6. The molecule has 0 radical (unpaired) electrons. The van der Waals surface area contributed by atoms with Gasteiger partial charge < -0.3 is 0 Å². The topological polar surface area (TPSA) is 111 Å². The molecule has 2 heterocycles. The summed E-state index contributed by atoms with van der Waals surface area (Å²) in [7, 11) is 0. The molecule has 8 nitrogen and oxygen atoms in total. The van der Waals surface area contributed by atoms with E-state index in [1.165, 1.54) is 4.90 Å². The highest BCUT2D eigenvalue weighted by atomic mass is 16.2. The van der Waals surface area contributed by atoms with Gasteiger partial charge in [0.2, 0.25) is 11.8 Å². The summed E-state index contributed by atoms with van der Waals surface area (Å²) in [4.78, 5) is 58.1. The summed E-state index contributed by atoms with van der Waals surface area (Å²) in [6.45, 7) is 0. The molecule has 218 valence electrons. The normalized spacial score (nSPS) is 37.4. The van der Waals surface area contributed by atoms with Crippen LogP contribution >= 0.6 is 0 Å². The third-order valence-corrected chi connectivity index (χ3v) is 12.0. The number of hydrogen-bond donors (Lipinski definition) is 0. The second-order valence-electron chi connectivity index (χ2n) is 13.6. The van der Waals surface area contributed by atoms with Gasteiger partial charge in [-0.1, -0.05) is 72.8 Å². The number of hydrogen-bond acceptors (Lipinski definition) is 6. The fraction of sp³-hybridized carbons (Fsp3) is 0.297. The van der Waals surface area contributed by atoms with Crippen LogP contribution in [0.15, 0.2) is 90.0 Å². The minimum absolute atomic E-state index is 0.0681. The Bertz CT molecular complexity index is 1960. The molecular weight excluding hydrogens is 564 g/mol. The lowest BCUT2D eigenvalue weighted by Gasteiger charge is -2.52. The summed E-state index contributed by atoms with van der Waals surface area (Å²) in [5.74, 6) is -3.04. The second-order valence-corrected chi connectivity index (χ2v) is 13.6. The maximum atomic E-state index is 14.7. The number of nitriles is 1. The molecule has 9 aliphatic rings. The number of hydrazone groups is 1. The van der Waals surface area contributed by atoms with Crippen molar-refractivity contribution in [2.45, 2.75) is 17.8 Å². The molecule has 0 N–H and O–H groups in total. The van der Waals surface area contributed by atoms with Crippen molar-refractivity contribution < 1.29 is 19.2 Å². The Hall–Kier alpha value is -5.16. The van der Waals surface area contributed by atoms with Crippen LogP contribution in [-0.2, 0) is 24.6 Å². The minimum Gasteiger partial charge on any atom is -0.274 e. The molecule has 3 aromatic rings. The maximum absolute atomic E-state index is 14.7. The number of para-hydroxylation sites is 1. The van der Waals surface area contributed by atoms with E-state index in [1.54, 1.807) is 30.5 Å². The molecule has 45 heavy (non-hydrogen) atoms. The third-order valence-electron chi connectivity index (χ3n) is 12.0. The van der Waals surface area contributed by atoms with Crippen molar-refractivity contribution in [1.29, 1.82) is 5.26 Å². The molecule has 0 unspecified atom stereocenters. The van der Waals surface area contributed by atoms with E-state index in [0.29, 0.717) is 11.8 Å². The first-order valence-electron chi connectivity index (χ1n) is 15.6. The number of benzene rings is 3. The zero-order valence-electron chi connectivity index (χ0n) is 24.0. The van der Waals surface area contributed by atoms with Crippen molar-refractivity contribution in [3.63, 3.8) is 0 Å². The molecular formula is C37H26N4O4. The van der Waals surface area contributed by atoms with Crippen LogP contribution in [0.2, 0.25) is 0 Å². The smallest absolute Gasteiger partial charge is 0.254 e. The van der Waals surface area contributed by atoms with E-state index in [0.717, 1.165) is 33.7 Å². The first-order chi connectivity index (χ1) is 22.0. The molecule has 2 saturated carbocycles. The number of allylic oxidation sites excluding steroid dienone is 2. The van der Waals surface area contributed by atoms with Crippen molar-refractivity contribution in [1.82, 2.24) is 5.01 Å². The molecule has 8 heteroatoms. The predicted octanol–water partition coefficient (Wildman–Crippen LogP) is 4.15. The number of carbonyl (C=O) groups excluding carboxylic acids is 4. The molecule has 0 spiro atoms. The van der Waals surface area contributed by atoms with Gasteiger partial charge >= 0.3 is 0 Å². The molecule has 4 bridgehead atoms. The molecule has 2 saturated heterocycles. The lowest BCUT2D eigenvalue weighted by atomic mass is 9.47. The number of anilines is 1. The number of imide groups is 2. The lowest BCUT2D eigenvalue weighted by Crippen LogP contribution is -2.55. The maximum Gasteiger partial charge on any atom is 0.254 e. The van der Waals surface area contributed by atoms with Crippen LogP contribution in [0, 0.1) is 58.7 Å². The van der Waals surface area contributed by atoms with Crippen molar-refractivity contribution >= 4 is 35.5 Å². The number of rotatable bonds is 3. The van der Waals surface area contributed by atoms with Crippen molar-refractivity contribution in [3.05, 3.63) is 113 Å². The summed E-state index contributed by atoms with van der Waals surface area (Å²) in [5, 5.41) is 15.7. The molecule has 4 amide bonds. The monoisotopic (exact) mass is 590 g/mol. The van der Waals surface area contributed by atoms with E-state index in [-0.39, 0.29) is 46.7 Å². The van der Waals surface area contributed by atoms with Gasteiger partial charge in [-0.25, -0.2) is 4.90 Å². The zero-order chi connectivity index (χ0) is 30.4. The molecule has 4 fully saturated rings. The molecule has 8 atom stereocenters. The summed E-state index contributed by atoms with van der Waals surface area (Å²) in [5.41, 5.74) is 2.82. The minimum atomic E-state index is -1.22. The Morgan fingerprint density at radius 1 is 0.733 bits per heavy atom. The van der Waals surface area contributed by atoms with Crippen LogP contribution in [0.5, 0.6) is 0 Å². The largest absolute Gasteiger partial charge is 0.274 e. The Kier molecular flexibility index (Phi) is 4.65. The van der Waals surface area contributed by atoms with Gasteiger partial charge in [0.25, 0.3) is 11.8 Å².